The molecule has 2 N–H and O–H groups in total. The lowest BCUT2D eigenvalue weighted by atomic mass is 10.1. The average molecular weight is 282 g/mol. The van der Waals surface area contributed by atoms with Crippen molar-refractivity contribution in [3.63, 3.8) is 0 Å². The molecule has 0 bridgehead atoms. The quantitative estimate of drug-likeness (QED) is 0.804. The van der Waals surface area contributed by atoms with Crippen LogP contribution in [0.3, 0.4) is 0 Å². The molecule has 1 rings (SSSR count). The van der Waals surface area contributed by atoms with Crippen LogP contribution < -0.4 is 4.72 Å². The van der Waals surface area contributed by atoms with Gasteiger partial charge in [0.25, 0.3) is 0 Å². The standard InChI is InChI=1S/C12H14N2O4S/c1-2-11(12(15)16)14-19(17,18)8-10-6-4-3-5-9(10)7-13/h3-6,11,14H,2,8H2,1H3,(H,15,16)/t11-/m1/s1. The highest BCUT2D eigenvalue weighted by Gasteiger charge is 2.23. The molecule has 6 nitrogen and oxygen atoms in total. The van der Waals surface area contributed by atoms with E-state index in [-0.39, 0.29) is 12.0 Å². The predicted molar refractivity (Wildman–Crippen MR) is 68.6 cm³/mol. The van der Waals surface area contributed by atoms with Gasteiger partial charge >= 0.3 is 5.97 Å². The Morgan fingerprint density at radius 1 is 1.47 bits per heavy atom. The summed E-state index contributed by atoms with van der Waals surface area (Å²) in [5.74, 6) is -1.64. The van der Waals surface area contributed by atoms with E-state index in [0.29, 0.717) is 5.56 Å². The lowest BCUT2D eigenvalue weighted by Crippen LogP contribution is -2.40. The normalized spacial score (nSPS) is 12.6. The first-order chi connectivity index (χ1) is 8.89. The number of nitrogens with one attached hydrogen (secondary N) is 1. The molecule has 0 aliphatic carbocycles. The van der Waals surface area contributed by atoms with Crippen molar-refractivity contribution in [2.75, 3.05) is 0 Å². The van der Waals surface area contributed by atoms with Crippen molar-refractivity contribution < 1.29 is 18.3 Å². The fraction of sp³-hybridized carbons (Fsp3) is 0.333. The van der Waals surface area contributed by atoms with Gasteiger partial charge in [-0.05, 0) is 18.1 Å². The van der Waals surface area contributed by atoms with E-state index >= 15 is 0 Å². The summed E-state index contributed by atoms with van der Waals surface area (Å²) in [6.45, 7) is 1.57. The van der Waals surface area contributed by atoms with Gasteiger partial charge in [-0.15, -0.1) is 0 Å². The number of rotatable bonds is 6. The first-order valence-electron chi connectivity index (χ1n) is 5.60. The number of carboxylic acids is 1. The van der Waals surface area contributed by atoms with Crippen LogP contribution in [0.25, 0.3) is 0 Å². The van der Waals surface area contributed by atoms with Crippen LogP contribution >= 0.6 is 0 Å². The number of hydrogen-bond acceptors (Lipinski definition) is 4. The zero-order valence-corrected chi connectivity index (χ0v) is 11.1. The summed E-state index contributed by atoms with van der Waals surface area (Å²) >= 11 is 0. The van der Waals surface area contributed by atoms with Crippen molar-refractivity contribution in [2.45, 2.75) is 25.1 Å². The molecule has 0 amide bonds. The van der Waals surface area contributed by atoms with Gasteiger partial charge in [-0.3, -0.25) is 4.79 Å². The number of carbonyl (C=O) groups is 1. The van der Waals surface area contributed by atoms with Gasteiger partial charge in [-0.2, -0.15) is 5.26 Å². The van der Waals surface area contributed by atoms with Crippen LogP contribution in [0.1, 0.15) is 24.5 Å². The molecule has 0 saturated carbocycles. The van der Waals surface area contributed by atoms with Crippen molar-refractivity contribution in [3.05, 3.63) is 35.4 Å². The smallest absolute Gasteiger partial charge is 0.321 e. The number of carboxylic acid groups (broad SMARTS) is 1. The number of nitriles is 1. The van der Waals surface area contributed by atoms with Crippen molar-refractivity contribution in [1.82, 2.24) is 4.72 Å². The third-order valence-corrected chi connectivity index (χ3v) is 3.85. The molecule has 0 aromatic heterocycles. The number of aliphatic carboxylic acids is 1. The molecule has 7 heteroatoms. The van der Waals surface area contributed by atoms with Crippen LogP contribution in [0.4, 0.5) is 0 Å². The molecule has 0 aliphatic rings. The van der Waals surface area contributed by atoms with Crippen LogP contribution in [-0.2, 0) is 20.6 Å². The lowest BCUT2D eigenvalue weighted by Gasteiger charge is -2.13. The lowest BCUT2D eigenvalue weighted by molar-refractivity contribution is -0.139. The molecule has 0 fully saturated rings. The summed E-state index contributed by atoms with van der Waals surface area (Å²) in [6.07, 6.45) is 0.147. The van der Waals surface area contributed by atoms with E-state index in [1.807, 2.05) is 6.07 Å². The Labute approximate surface area is 111 Å². The fourth-order valence-corrected chi connectivity index (χ4v) is 2.97. The third-order valence-electron chi connectivity index (χ3n) is 2.51. The highest BCUT2D eigenvalue weighted by Crippen LogP contribution is 2.11. The molecule has 0 spiro atoms. The topological polar surface area (TPSA) is 107 Å². The fourth-order valence-electron chi connectivity index (χ4n) is 1.53. The summed E-state index contributed by atoms with van der Waals surface area (Å²) < 4.78 is 25.8. The zero-order valence-electron chi connectivity index (χ0n) is 10.3. The molecule has 0 saturated heterocycles. The molecule has 1 aromatic rings. The number of sulfonamides is 1. The second kappa shape index (κ2) is 6.31. The van der Waals surface area contributed by atoms with Gasteiger partial charge in [-0.25, -0.2) is 13.1 Å². The number of benzene rings is 1. The Hall–Kier alpha value is -1.91. The largest absolute Gasteiger partial charge is 0.480 e. The summed E-state index contributed by atoms with van der Waals surface area (Å²) in [5, 5.41) is 17.7. The Bertz CT molecular complexity index is 604. The second-order valence-electron chi connectivity index (χ2n) is 3.94. The van der Waals surface area contributed by atoms with Gasteiger partial charge < -0.3 is 5.11 Å². The predicted octanol–water partition coefficient (Wildman–Crippen LogP) is 0.841. The van der Waals surface area contributed by atoms with Crippen LogP contribution in [-0.4, -0.2) is 25.5 Å². The first-order valence-corrected chi connectivity index (χ1v) is 7.25. The Morgan fingerprint density at radius 3 is 2.63 bits per heavy atom. The van der Waals surface area contributed by atoms with Gasteiger partial charge in [0.1, 0.15) is 6.04 Å². The number of nitrogens with zero attached hydrogens (tertiary/aromatic N) is 1. The Balaban J connectivity index is 2.92. The molecule has 0 aliphatic heterocycles. The number of hydrogen-bond donors (Lipinski definition) is 2. The van der Waals surface area contributed by atoms with Crippen molar-refractivity contribution in [2.24, 2.45) is 0 Å². The minimum atomic E-state index is -3.81. The van der Waals surface area contributed by atoms with Crippen LogP contribution in [0.15, 0.2) is 24.3 Å². The van der Waals surface area contributed by atoms with E-state index in [0.717, 1.165) is 0 Å². The van der Waals surface area contributed by atoms with E-state index in [1.165, 1.54) is 12.1 Å². The first kappa shape index (κ1) is 15.1. The minimum Gasteiger partial charge on any atom is -0.480 e. The molecule has 0 heterocycles. The molecular weight excluding hydrogens is 268 g/mol. The summed E-state index contributed by atoms with van der Waals surface area (Å²) in [7, 11) is -3.81. The molecule has 102 valence electrons. The van der Waals surface area contributed by atoms with E-state index in [4.69, 9.17) is 10.4 Å². The minimum absolute atomic E-state index is 0.147. The molecule has 0 radical (unpaired) electrons. The van der Waals surface area contributed by atoms with Gasteiger partial charge in [0.05, 0.1) is 17.4 Å². The van der Waals surface area contributed by atoms with Crippen molar-refractivity contribution >= 4 is 16.0 Å². The highest BCUT2D eigenvalue weighted by molar-refractivity contribution is 7.88. The van der Waals surface area contributed by atoms with Crippen molar-refractivity contribution in [3.8, 4) is 6.07 Å². The summed E-state index contributed by atoms with van der Waals surface area (Å²) in [6, 6.07) is 7.05. The monoisotopic (exact) mass is 282 g/mol. The van der Waals surface area contributed by atoms with E-state index in [1.54, 1.807) is 19.1 Å². The van der Waals surface area contributed by atoms with E-state index in [9.17, 15) is 13.2 Å². The van der Waals surface area contributed by atoms with Crippen LogP contribution in [0.5, 0.6) is 0 Å². The van der Waals surface area contributed by atoms with Gasteiger partial charge in [0, 0.05) is 0 Å². The zero-order chi connectivity index (χ0) is 14.5. The maximum Gasteiger partial charge on any atom is 0.321 e. The van der Waals surface area contributed by atoms with E-state index < -0.39 is 27.8 Å². The summed E-state index contributed by atoms with van der Waals surface area (Å²) in [4.78, 5) is 10.8. The maximum atomic E-state index is 11.9. The van der Waals surface area contributed by atoms with Crippen molar-refractivity contribution in [1.29, 1.82) is 5.26 Å². The molecule has 0 unspecified atom stereocenters. The van der Waals surface area contributed by atoms with Gasteiger partial charge in [-0.1, -0.05) is 25.1 Å². The molecule has 1 aromatic carbocycles. The van der Waals surface area contributed by atoms with Crippen LogP contribution in [0, 0.1) is 11.3 Å². The molecular formula is C12H14N2O4S. The Kier molecular flexibility index (Phi) is 5.03. The summed E-state index contributed by atoms with van der Waals surface area (Å²) in [5.41, 5.74) is 0.606. The third kappa shape index (κ3) is 4.35. The average Bonchev–Trinajstić information content (AvgIpc) is 2.36. The maximum absolute atomic E-state index is 11.9. The molecule has 19 heavy (non-hydrogen) atoms. The van der Waals surface area contributed by atoms with Gasteiger partial charge in [0.15, 0.2) is 0 Å². The molecule has 1 atom stereocenters. The SMILES string of the molecule is CC[C@@H](NS(=O)(=O)Cc1ccccc1C#N)C(=O)O. The van der Waals surface area contributed by atoms with E-state index in [2.05, 4.69) is 4.72 Å². The highest BCUT2D eigenvalue weighted by atomic mass is 32.2. The van der Waals surface area contributed by atoms with Crippen LogP contribution in [0.2, 0.25) is 0 Å². The Morgan fingerprint density at radius 2 is 2.11 bits per heavy atom. The second-order valence-corrected chi connectivity index (χ2v) is 5.70. The van der Waals surface area contributed by atoms with Gasteiger partial charge in [0.2, 0.25) is 10.0 Å².